The molecule has 0 aliphatic carbocycles. The Morgan fingerprint density at radius 1 is 1.55 bits per heavy atom. The SMILES string of the molecule is CCC(C)C(C)N=CC(C)=N. The van der Waals surface area contributed by atoms with E-state index in [2.05, 4.69) is 25.8 Å². The van der Waals surface area contributed by atoms with Gasteiger partial charge in [0.05, 0.1) is 0 Å². The Kier molecular flexibility index (Phi) is 4.75. The van der Waals surface area contributed by atoms with Crippen LogP contribution in [0.1, 0.15) is 34.1 Å². The van der Waals surface area contributed by atoms with E-state index in [9.17, 15) is 0 Å². The van der Waals surface area contributed by atoms with Crippen molar-refractivity contribution in [2.75, 3.05) is 0 Å². The quantitative estimate of drug-likeness (QED) is 0.604. The molecule has 2 nitrogen and oxygen atoms in total. The minimum atomic E-state index is 0.347. The van der Waals surface area contributed by atoms with Gasteiger partial charge in [0.2, 0.25) is 0 Å². The van der Waals surface area contributed by atoms with E-state index in [0.29, 0.717) is 17.7 Å². The average Bonchev–Trinajstić information content (AvgIpc) is 1.98. The molecule has 64 valence electrons. The van der Waals surface area contributed by atoms with Gasteiger partial charge >= 0.3 is 0 Å². The lowest BCUT2D eigenvalue weighted by molar-refractivity contribution is 0.473. The summed E-state index contributed by atoms with van der Waals surface area (Å²) in [6.07, 6.45) is 2.78. The summed E-state index contributed by atoms with van der Waals surface area (Å²) in [6, 6.07) is 0.347. The second-order valence-corrected chi connectivity index (χ2v) is 3.09. The zero-order chi connectivity index (χ0) is 8.85. The van der Waals surface area contributed by atoms with Crippen LogP contribution in [-0.2, 0) is 0 Å². The Bertz CT molecular complexity index is 150. The summed E-state index contributed by atoms with van der Waals surface area (Å²) in [5.41, 5.74) is 0.528. The molecule has 0 saturated heterocycles. The summed E-state index contributed by atoms with van der Waals surface area (Å²) in [4.78, 5) is 4.24. The van der Waals surface area contributed by atoms with Gasteiger partial charge in [-0.25, -0.2) is 0 Å². The van der Waals surface area contributed by atoms with Crippen LogP contribution in [0.15, 0.2) is 4.99 Å². The van der Waals surface area contributed by atoms with Crippen molar-refractivity contribution in [2.24, 2.45) is 10.9 Å². The lowest BCUT2D eigenvalue weighted by Gasteiger charge is -2.12. The Morgan fingerprint density at radius 2 is 2.09 bits per heavy atom. The predicted octanol–water partition coefficient (Wildman–Crippen LogP) is 2.53. The van der Waals surface area contributed by atoms with Crippen LogP contribution in [0.2, 0.25) is 0 Å². The van der Waals surface area contributed by atoms with Crippen molar-refractivity contribution < 1.29 is 0 Å². The Labute approximate surface area is 69.2 Å². The second kappa shape index (κ2) is 5.05. The van der Waals surface area contributed by atoms with Gasteiger partial charge in [0.1, 0.15) is 0 Å². The van der Waals surface area contributed by atoms with E-state index in [1.54, 1.807) is 13.1 Å². The van der Waals surface area contributed by atoms with Gasteiger partial charge in [-0.3, -0.25) is 4.99 Å². The highest BCUT2D eigenvalue weighted by Gasteiger charge is 2.06. The van der Waals surface area contributed by atoms with Crippen LogP contribution in [0.4, 0.5) is 0 Å². The molecule has 0 heterocycles. The third-order valence-electron chi connectivity index (χ3n) is 1.97. The van der Waals surface area contributed by atoms with Crippen molar-refractivity contribution >= 4 is 11.9 Å². The number of aliphatic imine (C=N–C) groups is 1. The molecule has 0 amide bonds. The minimum Gasteiger partial charge on any atom is -0.304 e. The van der Waals surface area contributed by atoms with E-state index in [1.165, 1.54) is 0 Å². The summed E-state index contributed by atoms with van der Waals surface area (Å²) >= 11 is 0. The van der Waals surface area contributed by atoms with Gasteiger partial charge in [-0.15, -0.1) is 0 Å². The van der Waals surface area contributed by atoms with Gasteiger partial charge < -0.3 is 5.41 Å². The summed E-state index contributed by atoms with van der Waals surface area (Å²) in [5, 5.41) is 7.14. The molecular formula is C9H18N2. The van der Waals surface area contributed by atoms with Gasteiger partial charge in [0, 0.05) is 18.0 Å². The van der Waals surface area contributed by atoms with E-state index in [-0.39, 0.29) is 0 Å². The fraction of sp³-hybridized carbons (Fsp3) is 0.778. The summed E-state index contributed by atoms with van der Waals surface area (Å²) in [7, 11) is 0. The van der Waals surface area contributed by atoms with E-state index < -0.39 is 0 Å². The normalized spacial score (nSPS) is 16.7. The summed E-state index contributed by atoms with van der Waals surface area (Å²) in [5.74, 6) is 0.616. The van der Waals surface area contributed by atoms with Crippen LogP contribution < -0.4 is 0 Å². The fourth-order valence-corrected chi connectivity index (χ4v) is 0.717. The first-order valence-electron chi connectivity index (χ1n) is 4.16. The second-order valence-electron chi connectivity index (χ2n) is 3.09. The molecule has 0 aliphatic heterocycles. The van der Waals surface area contributed by atoms with E-state index >= 15 is 0 Å². The molecule has 0 aliphatic rings. The maximum atomic E-state index is 7.14. The van der Waals surface area contributed by atoms with Crippen molar-refractivity contribution in [1.82, 2.24) is 0 Å². The Balaban J connectivity index is 3.85. The average molecular weight is 154 g/mol. The molecule has 2 atom stereocenters. The maximum absolute atomic E-state index is 7.14. The number of hydrogen-bond acceptors (Lipinski definition) is 2. The molecule has 0 saturated carbocycles. The standard InChI is InChI=1S/C9H18N2/c1-5-7(2)9(4)11-6-8(3)10/h6-7,9-10H,5H2,1-4H3. The van der Waals surface area contributed by atoms with Crippen LogP contribution in [0, 0.1) is 11.3 Å². The predicted molar refractivity (Wildman–Crippen MR) is 50.8 cm³/mol. The van der Waals surface area contributed by atoms with E-state index in [0.717, 1.165) is 6.42 Å². The fourth-order valence-electron chi connectivity index (χ4n) is 0.717. The minimum absolute atomic E-state index is 0.347. The number of nitrogens with zero attached hydrogens (tertiary/aromatic N) is 1. The van der Waals surface area contributed by atoms with Crippen LogP contribution >= 0.6 is 0 Å². The van der Waals surface area contributed by atoms with Crippen LogP contribution in [-0.4, -0.2) is 18.0 Å². The van der Waals surface area contributed by atoms with Crippen molar-refractivity contribution in [3.63, 3.8) is 0 Å². The highest BCUT2D eigenvalue weighted by atomic mass is 14.8. The highest BCUT2D eigenvalue weighted by molar-refractivity contribution is 6.27. The molecule has 2 heteroatoms. The first-order chi connectivity index (χ1) is 5.07. The smallest absolute Gasteiger partial charge is 0.0497 e. The van der Waals surface area contributed by atoms with Crippen molar-refractivity contribution in [3.05, 3.63) is 0 Å². The Morgan fingerprint density at radius 3 is 2.45 bits per heavy atom. The van der Waals surface area contributed by atoms with Crippen LogP contribution in [0.5, 0.6) is 0 Å². The molecule has 0 aromatic rings. The molecule has 0 fully saturated rings. The molecule has 0 spiro atoms. The molecule has 11 heavy (non-hydrogen) atoms. The molecule has 1 N–H and O–H groups in total. The number of rotatable bonds is 4. The first-order valence-corrected chi connectivity index (χ1v) is 4.16. The lowest BCUT2D eigenvalue weighted by Crippen LogP contribution is -2.11. The van der Waals surface area contributed by atoms with Crippen molar-refractivity contribution in [1.29, 1.82) is 5.41 Å². The van der Waals surface area contributed by atoms with E-state index in [1.807, 2.05) is 0 Å². The highest BCUT2D eigenvalue weighted by Crippen LogP contribution is 2.09. The monoisotopic (exact) mass is 154 g/mol. The van der Waals surface area contributed by atoms with Gasteiger partial charge in [-0.2, -0.15) is 0 Å². The Hall–Kier alpha value is -0.660. The van der Waals surface area contributed by atoms with Gasteiger partial charge in [0.25, 0.3) is 0 Å². The van der Waals surface area contributed by atoms with Crippen LogP contribution in [0.3, 0.4) is 0 Å². The summed E-state index contributed by atoms with van der Waals surface area (Å²) < 4.78 is 0. The topological polar surface area (TPSA) is 36.2 Å². The lowest BCUT2D eigenvalue weighted by atomic mass is 10.0. The zero-order valence-electron chi connectivity index (χ0n) is 7.89. The summed E-state index contributed by atoms with van der Waals surface area (Å²) in [6.45, 7) is 8.18. The largest absolute Gasteiger partial charge is 0.304 e. The molecule has 0 bridgehead atoms. The number of hydrogen-bond donors (Lipinski definition) is 1. The maximum Gasteiger partial charge on any atom is 0.0497 e. The van der Waals surface area contributed by atoms with E-state index in [4.69, 9.17) is 5.41 Å². The molecule has 0 aromatic heterocycles. The van der Waals surface area contributed by atoms with Gasteiger partial charge in [0.15, 0.2) is 0 Å². The van der Waals surface area contributed by atoms with Crippen molar-refractivity contribution in [2.45, 2.75) is 40.2 Å². The van der Waals surface area contributed by atoms with Gasteiger partial charge in [-0.1, -0.05) is 20.3 Å². The molecule has 0 aromatic carbocycles. The van der Waals surface area contributed by atoms with Gasteiger partial charge in [-0.05, 0) is 19.8 Å². The number of nitrogens with one attached hydrogen (secondary N) is 1. The van der Waals surface area contributed by atoms with Crippen LogP contribution in [0.25, 0.3) is 0 Å². The molecular weight excluding hydrogens is 136 g/mol. The zero-order valence-corrected chi connectivity index (χ0v) is 7.89. The molecule has 0 rings (SSSR count). The molecule has 2 unspecified atom stereocenters. The third-order valence-corrected chi connectivity index (χ3v) is 1.97. The first kappa shape index (κ1) is 10.3. The van der Waals surface area contributed by atoms with Crippen molar-refractivity contribution in [3.8, 4) is 0 Å². The third kappa shape index (κ3) is 4.71. The molecule has 0 radical (unpaired) electrons.